The number of aryl methyl sites for hydroxylation is 1. The molecule has 98 valence electrons. The van der Waals surface area contributed by atoms with Crippen LogP contribution in [0.5, 0.6) is 0 Å². The number of unbranched alkanes of at least 4 members (excludes halogenated alkanes) is 1. The molecule has 19 heavy (non-hydrogen) atoms. The lowest BCUT2D eigenvalue weighted by molar-refractivity contribution is -0.137. The van der Waals surface area contributed by atoms with Gasteiger partial charge < -0.3 is 9.67 Å². The zero-order valence-corrected chi connectivity index (χ0v) is 10.5. The number of para-hydroxylation sites is 2. The van der Waals surface area contributed by atoms with Crippen molar-refractivity contribution in [1.29, 1.82) is 5.26 Å². The number of carboxylic acid groups (broad SMARTS) is 1. The van der Waals surface area contributed by atoms with E-state index in [0.29, 0.717) is 13.0 Å². The summed E-state index contributed by atoms with van der Waals surface area (Å²) < 4.78 is 2.01. The van der Waals surface area contributed by atoms with Gasteiger partial charge in [0.15, 0.2) is 0 Å². The van der Waals surface area contributed by atoms with E-state index in [4.69, 9.17) is 10.4 Å². The van der Waals surface area contributed by atoms with Gasteiger partial charge in [-0.15, -0.1) is 0 Å². The molecular weight excluding hydrogens is 242 g/mol. The van der Waals surface area contributed by atoms with Crippen molar-refractivity contribution in [1.82, 2.24) is 9.55 Å². The first-order valence-corrected chi connectivity index (χ1v) is 6.25. The molecule has 0 saturated carbocycles. The van der Waals surface area contributed by atoms with Crippen LogP contribution in [0, 0.1) is 11.3 Å². The van der Waals surface area contributed by atoms with E-state index in [2.05, 4.69) is 11.1 Å². The second-order valence-electron chi connectivity index (χ2n) is 4.35. The molecule has 0 saturated heterocycles. The summed E-state index contributed by atoms with van der Waals surface area (Å²) in [5.74, 6) is -0.0215. The second kappa shape index (κ2) is 6.01. The maximum atomic E-state index is 10.5. The van der Waals surface area contributed by atoms with Crippen LogP contribution >= 0.6 is 0 Å². The summed E-state index contributed by atoms with van der Waals surface area (Å²) in [7, 11) is 0. The Morgan fingerprint density at radius 1 is 1.37 bits per heavy atom. The molecule has 1 N–H and O–H groups in total. The van der Waals surface area contributed by atoms with E-state index in [1.165, 1.54) is 0 Å². The minimum atomic E-state index is -0.771. The van der Waals surface area contributed by atoms with Crippen molar-refractivity contribution in [3.63, 3.8) is 0 Å². The van der Waals surface area contributed by atoms with Gasteiger partial charge in [0.1, 0.15) is 5.82 Å². The van der Waals surface area contributed by atoms with Crippen LogP contribution in [0.4, 0.5) is 0 Å². The summed E-state index contributed by atoms with van der Waals surface area (Å²) in [4.78, 5) is 14.9. The Labute approximate surface area is 111 Å². The highest BCUT2D eigenvalue weighted by atomic mass is 16.4. The van der Waals surface area contributed by atoms with Crippen molar-refractivity contribution in [3.8, 4) is 6.07 Å². The molecule has 1 aromatic carbocycles. The maximum Gasteiger partial charge on any atom is 0.303 e. The number of rotatable bonds is 6. The highest BCUT2D eigenvalue weighted by Crippen LogP contribution is 2.17. The van der Waals surface area contributed by atoms with Crippen molar-refractivity contribution in [2.75, 3.05) is 0 Å². The molecular formula is C14H15N3O2. The number of benzene rings is 1. The molecule has 0 aliphatic heterocycles. The number of nitriles is 1. The summed E-state index contributed by atoms with van der Waals surface area (Å²) in [5, 5.41) is 17.5. The molecule has 0 unspecified atom stereocenters. The van der Waals surface area contributed by atoms with Crippen LogP contribution < -0.4 is 0 Å². The van der Waals surface area contributed by atoms with E-state index in [9.17, 15) is 4.79 Å². The molecule has 0 fully saturated rings. The van der Waals surface area contributed by atoms with E-state index in [1.54, 1.807) is 0 Å². The predicted octanol–water partition coefficient (Wildman–Crippen LogP) is 2.36. The van der Waals surface area contributed by atoms with Gasteiger partial charge in [-0.1, -0.05) is 12.1 Å². The first-order valence-electron chi connectivity index (χ1n) is 6.25. The third-order valence-electron chi connectivity index (χ3n) is 2.99. The van der Waals surface area contributed by atoms with E-state index >= 15 is 0 Å². The first-order chi connectivity index (χ1) is 9.22. The lowest BCUT2D eigenvalue weighted by Gasteiger charge is -2.06. The average molecular weight is 257 g/mol. The Morgan fingerprint density at radius 2 is 2.16 bits per heavy atom. The fraction of sp³-hybridized carbons (Fsp3) is 0.357. The normalized spacial score (nSPS) is 10.5. The van der Waals surface area contributed by atoms with Crippen molar-refractivity contribution in [2.24, 2.45) is 0 Å². The number of imidazole rings is 1. The summed E-state index contributed by atoms with van der Waals surface area (Å²) in [6.07, 6.45) is 1.85. The number of hydrogen-bond donors (Lipinski definition) is 1. The van der Waals surface area contributed by atoms with Crippen molar-refractivity contribution in [3.05, 3.63) is 30.1 Å². The number of aliphatic carboxylic acids is 1. The third-order valence-corrected chi connectivity index (χ3v) is 2.99. The topological polar surface area (TPSA) is 78.9 Å². The van der Waals surface area contributed by atoms with Gasteiger partial charge in [0.05, 0.1) is 23.5 Å². The largest absolute Gasteiger partial charge is 0.481 e. The Kier molecular flexibility index (Phi) is 4.14. The van der Waals surface area contributed by atoms with Gasteiger partial charge in [-0.3, -0.25) is 4.79 Å². The molecule has 0 atom stereocenters. The van der Waals surface area contributed by atoms with E-state index < -0.39 is 5.97 Å². The molecule has 0 aliphatic rings. The smallest absolute Gasteiger partial charge is 0.303 e. The molecule has 5 nitrogen and oxygen atoms in total. The fourth-order valence-corrected chi connectivity index (χ4v) is 2.13. The number of hydrogen-bond acceptors (Lipinski definition) is 3. The number of aromatic nitrogens is 2. The average Bonchev–Trinajstić information content (AvgIpc) is 2.73. The molecule has 2 aromatic rings. The number of fused-ring (bicyclic) bond motifs is 1. The molecule has 0 amide bonds. The van der Waals surface area contributed by atoms with Gasteiger partial charge in [-0.25, -0.2) is 4.98 Å². The molecule has 0 spiro atoms. The standard InChI is InChI=1S/C14H15N3O2/c15-9-8-13-16-11-5-1-2-6-12(11)17(13)10-4-3-7-14(18)19/h1-2,5-6H,3-4,7-8,10H2,(H,18,19). The van der Waals surface area contributed by atoms with E-state index in [0.717, 1.165) is 23.3 Å². The molecule has 1 heterocycles. The molecule has 2 rings (SSSR count). The summed E-state index contributed by atoms with van der Waals surface area (Å²) >= 11 is 0. The molecule has 0 aliphatic carbocycles. The quantitative estimate of drug-likeness (QED) is 0.806. The van der Waals surface area contributed by atoms with Crippen LogP contribution in [-0.4, -0.2) is 20.6 Å². The minimum Gasteiger partial charge on any atom is -0.481 e. The van der Waals surface area contributed by atoms with Crippen LogP contribution in [0.3, 0.4) is 0 Å². The zero-order valence-electron chi connectivity index (χ0n) is 10.5. The minimum absolute atomic E-state index is 0.181. The summed E-state index contributed by atoms with van der Waals surface area (Å²) in [6, 6.07) is 9.87. The van der Waals surface area contributed by atoms with Gasteiger partial charge in [0.25, 0.3) is 0 Å². The van der Waals surface area contributed by atoms with Crippen molar-refractivity contribution >= 4 is 17.0 Å². The maximum absolute atomic E-state index is 10.5. The van der Waals surface area contributed by atoms with Gasteiger partial charge >= 0.3 is 5.97 Å². The van der Waals surface area contributed by atoms with E-state index in [-0.39, 0.29) is 12.8 Å². The highest BCUT2D eigenvalue weighted by Gasteiger charge is 2.09. The zero-order chi connectivity index (χ0) is 13.7. The number of carboxylic acids is 1. The van der Waals surface area contributed by atoms with Crippen LogP contribution in [-0.2, 0) is 17.8 Å². The van der Waals surface area contributed by atoms with Crippen LogP contribution in [0.1, 0.15) is 25.1 Å². The van der Waals surface area contributed by atoms with Gasteiger partial charge in [0, 0.05) is 13.0 Å². The lowest BCUT2D eigenvalue weighted by atomic mass is 10.2. The van der Waals surface area contributed by atoms with Gasteiger partial charge in [0.2, 0.25) is 0 Å². The SMILES string of the molecule is N#CCc1nc2ccccc2n1CCCCC(=O)O. The van der Waals surface area contributed by atoms with Gasteiger partial charge in [-0.05, 0) is 25.0 Å². The van der Waals surface area contributed by atoms with Crippen molar-refractivity contribution in [2.45, 2.75) is 32.2 Å². The molecule has 0 bridgehead atoms. The monoisotopic (exact) mass is 257 g/mol. The molecule has 5 heteroatoms. The predicted molar refractivity (Wildman–Crippen MR) is 70.5 cm³/mol. The number of carbonyl (C=O) groups is 1. The van der Waals surface area contributed by atoms with Crippen molar-refractivity contribution < 1.29 is 9.90 Å². The molecule has 1 aromatic heterocycles. The Bertz CT molecular complexity index is 625. The third kappa shape index (κ3) is 3.10. The summed E-state index contributed by atoms with van der Waals surface area (Å²) in [5.41, 5.74) is 1.88. The number of nitrogens with zero attached hydrogens (tertiary/aromatic N) is 3. The van der Waals surface area contributed by atoms with Crippen LogP contribution in [0.15, 0.2) is 24.3 Å². The van der Waals surface area contributed by atoms with Gasteiger partial charge in [-0.2, -0.15) is 5.26 Å². The lowest BCUT2D eigenvalue weighted by Crippen LogP contribution is -2.04. The molecule has 0 radical (unpaired) electrons. The van der Waals surface area contributed by atoms with E-state index in [1.807, 2.05) is 28.8 Å². The highest BCUT2D eigenvalue weighted by molar-refractivity contribution is 5.76. The Hall–Kier alpha value is -2.35. The fourth-order valence-electron chi connectivity index (χ4n) is 2.13. The van der Waals surface area contributed by atoms with Crippen LogP contribution in [0.25, 0.3) is 11.0 Å². The second-order valence-corrected chi connectivity index (χ2v) is 4.35. The van der Waals surface area contributed by atoms with Crippen LogP contribution in [0.2, 0.25) is 0 Å². The Balaban J connectivity index is 2.17. The summed E-state index contributed by atoms with van der Waals surface area (Å²) in [6.45, 7) is 0.699. The Morgan fingerprint density at radius 3 is 2.89 bits per heavy atom. The first kappa shape index (κ1) is 13.1.